The number of carbonyl (C=O) groups is 1. The van der Waals surface area contributed by atoms with E-state index in [9.17, 15) is 4.79 Å². The Hall–Kier alpha value is -1.81. The van der Waals surface area contributed by atoms with Gasteiger partial charge in [-0.1, -0.05) is 18.2 Å². The van der Waals surface area contributed by atoms with Crippen molar-refractivity contribution in [1.29, 1.82) is 0 Å². The number of carbonyl (C=O) groups excluding carboxylic acids is 1. The van der Waals surface area contributed by atoms with Crippen molar-refractivity contribution in [1.82, 2.24) is 5.32 Å². The van der Waals surface area contributed by atoms with Gasteiger partial charge in [0.2, 0.25) is 5.91 Å². The van der Waals surface area contributed by atoms with E-state index in [1.807, 2.05) is 18.2 Å². The fourth-order valence-corrected chi connectivity index (χ4v) is 3.19. The fourth-order valence-electron chi connectivity index (χ4n) is 2.33. The van der Waals surface area contributed by atoms with Gasteiger partial charge in [-0.3, -0.25) is 4.79 Å². The van der Waals surface area contributed by atoms with E-state index >= 15 is 0 Å². The minimum Gasteiger partial charge on any atom is -0.373 e. The lowest BCUT2D eigenvalue weighted by atomic mass is 10.1. The maximum atomic E-state index is 12.2. The Labute approximate surface area is 116 Å². The Morgan fingerprint density at radius 1 is 1.42 bits per heavy atom. The summed E-state index contributed by atoms with van der Waals surface area (Å²) in [6.45, 7) is 2.68. The Balaban J connectivity index is 1.60. The van der Waals surface area contributed by atoms with E-state index in [0.717, 1.165) is 12.1 Å². The van der Waals surface area contributed by atoms with E-state index < -0.39 is 0 Å². The van der Waals surface area contributed by atoms with Crippen molar-refractivity contribution in [2.75, 3.05) is 5.32 Å². The van der Waals surface area contributed by atoms with Crippen LogP contribution in [0.15, 0.2) is 35.0 Å². The van der Waals surface area contributed by atoms with Gasteiger partial charge >= 0.3 is 0 Å². The number of aryl methyl sites for hydroxylation is 1. The molecule has 19 heavy (non-hydrogen) atoms. The predicted molar refractivity (Wildman–Crippen MR) is 78.5 cm³/mol. The topological polar surface area (TPSA) is 41.1 Å². The highest BCUT2D eigenvalue weighted by Gasteiger charge is 2.25. The number of nitrogens with one attached hydrogen (secondary N) is 2. The SMILES string of the molecule is Cc1cscc1CNC(=O)[C@@H]1Cc2ccccc2N1. The second-order valence-corrected chi connectivity index (χ2v) is 5.60. The van der Waals surface area contributed by atoms with Crippen molar-refractivity contribution in [3.63, 3.8) is 0 Å². The molecule has 2 N–H and O–H groups in total. The van der Waals surface area contributed by atoms with Crippen LogP contribution in [0.1, 0.15) is 16.7 Å². The van der Waals surface area contributed by atoms with Crippen LogP contribution in [0.5, 0.6) is 0 Å². The van der Waals surface area contributed by atoms with E-state index in [1.165, 1.54) is 16.7 Å². The summed E-state index contributed by atoms with van der Waals surface area (Å²) in [5.74, 6) is 0.0711. The molecule has 3 nitrogen and oxygen atoms in total. The van der Waals surface area contributed by atoms with Crippen molar-refractivity contribution in [3.05, 3.63) is 51.7 Å². The lowest BCUT2D eigenvalue weighted by Gasteiger charge is -2.11. The Bertz CT molecular complexity index is 581. The standard InChI is InChI=1S/C15H16N2OS/c1-10-8-19-9-12(10)7-16-15(18)14-6-11-4-2-3-5-13(11)17-14/h2-5,8-9,14,17H,6-7H2,1H3,(H,16,18)/t14-/m0/s1. The van der Waals surface area contributed by atoms with Crippen molar-refractivity contribution in [2.24, 2.45) is 0 Å². The largest absolute Gasteiger partial charge is 0.373 e. The summed E-state index contributed by atoms with van der Waals surface area (Å²) in [5, 5.41) is 10.5. The average molecular weight is 272 g/mol. The number of fused-ring (bicyclic) bond motifs is 1. The van der Waals surface area contributed by atoms with Crippen LogP contribution < -0.4 is 10.6 Å². The van der Waals surface area contributed by atoms with Gasteiger partial charge in [0.1, 0.15) is 6.04 Å². The number of hydrogen-bond donors (Lipinski definition) is 2. The van der Waals surface area contributed by atoms with Gasteiger partial charge in [-0.05, 0) is 40.4 Å². The Morgan fingerprint density at radius 2 is 2.26 bits per heavy atom. The smallest absolute Gasteiger partial charge is 0.243 e. The van der Waals surface area contributed by atoms with E-state index in [-0.39, 0.29) is 11.9 Å². The summed E-state index contributed by atoms with van der Waals surface area (Å²) >= 11 is 1.67. The van der Waals surface area contributed by atoms with Crippen molar-refractivity contribution in [3.8, 4) is 0 Å². The average Bonchev–Trinajstić information content (AvgIpc) is 3.01. The molecule has 1 aromatic heterocycles. The molecule has 2 aromatic rings. The molecule has 1 amide bonds. The number of rotatable bonds is 3. The molecular formula is C15H16N2OS. The lowest BCUT2D eigenvalue weighted by Crippen LogP contribution is -2.38. The summed E-state index contributed by atoms with van der Waals surface area (Å²) in [4.78, 5) is 12.2. The molecule has 0 saturated carbocycles. The number of thiophene rings is 1. The van der Waals surface area contributed by atoms with Gasteiger partial charge in [-0.25, -0.2) is 0 Å². The van der Waals surface area contributed by atoms with Crippen LogP contribution in [0, 0.1) is 6.92 Å². The number of anilines is 1. The molecule has 0 unspecified atom stereocenters. The monoisotopic (exact) mass is 272 g/mol. The van der Waals surface area contributed by atoms with E-state index in [0.29, 0.717) is 6.54 Å². The van der Waals surface area contributed by atoms with Crippen LogP contribution in [-0.2, 0) is 17.8 Å². The van der Waals surface area contributed by atoms with Crippen LogP contribution in [0.25, 0.3) is 0 Å². The maximum absolute atomic E-state index is 12.2. The molecule has 1 aromatic carbocycles. The molecule has 3 rings (SSSR count). The van der Waals surface area contributed by atoms with Gasteiger partial charge in [-0.2, -0.15) is 11.3 Å². The minimum atomic E-state index is -0.142. The molecule has 4 heteroatoms. The zero-order valence-corrected chi connectivity index (χ0v) is 11.6. The molecule has 1 aliphatic rings. The molecular weight excluding hydrogens is 256 g/mol. The summed E-state index contributed by atoms with van der Waals surface area (Å²) in [7, 11) is 0. The summed E-state index contributed by atoms with van der Waals surface area (Å²) < 4.78 is 0. The van der Waals surface area contributed by atoms with Gasteiger partial charge in [-0.15, -0.1) is 0 Å². The van der Waals surface area contributed by atoms with Gasteiger partial charge in [0.05, 0.1) is 0 Å². The zero-order valence-electron chi connectivity index (χ0n) is 10.8. The van der Waals surface area contributed by atoms with Crippen LogP contribution in [0.3, 0.4) is 0 Å². The van der Waals surface area contributed by atoms with Crippen molar-refractivity contribution < 1.29 is 4.79 Å². The quantitative estimate of drug-likeness (QED) is 0.902. The summed E-state index contributed by atoms with van der Waals surface area (Å²) in [6.07, 6.45) is 0.768. The molecule has 0 aliphatic carbocycles. The second kappa shape index (κ2) is 5.05. The summed E-state index contributed by atoms with van der Waals surface area (Å²) in [5.41, 5.74) is 4.74. The first kappa shape index (κ1) is 12.2. The molecule has 1 atom stereocenters. The number of amides is 1. The molecule has 0 spiro atoms. The van der Waals surface area contributed by atoms with E-state index in [4.69, 9.17) is 0 Å². The van der Waals surface area contributed by atoms with E-state index in [2.05, 4.69) is 34.4 Å². The Morgan fingerprint density at radius 3 is 3.00 bits per heavy atom. The van der Waals surface area contributed by atoms with Crippen LogP contribution in [-0.4, -0.2) is 11.9 Å². The van der Waals surface area contributed by atoms with Crippen LogP contribution in [0.2, 0.25) is 0 Å². The highest BCUT2D eigenvalue weighted by atomic mass is 32.1. The Kier molecular flexibility index (Phi) is 3.25. The maximum Gasteiger partial charge on any atom is 0.243 e. The van der Waals surface area contributed by atoms with Gasteiger partial charge < -0.3 is 10.6 Å². The third kappa shape index (κ3) is 2.49. The van der Waals surface area contributed by atoms with Crippen LogP contribution >= 0.6 is 11.3 Å². The van der Waals surface area contributed by atoms with E-state index in [1.54, 1.807) is 11.3 Å². The molecule has 0 saturated heterocycles. The fraction of sp³-hybridized carbons (Fsp3) is 0.267. The molecule has 0 radical (unpaired) electrons. The molecule has 98 valence electrons. The predicted octanol–water partition coefficient (Wildman–Crippen LogP) is 2.71. The van der Waals surface area contributed by atoms with Crippen LogP contribution in [0.4, 0.5) is 5.69 Å². The number of benzene rings is 1. The number of hydrogen-bond acceptors (Lipinski definition) is 3. The number of para-hydroxylation sites is 1. The molecule has 2 heterocycles. The molecule has 0 bridgehead atoms. The third-order valence-electron chi connectivity index (χ3n) is 3.50. The first-order valence-corrected chi connectivity index (χ1v) is 7.32. The molecule has 1 aliphatic heterocycles. The minimum absolute atomic E-state index is 0.0711. The normalized spacial score (nSPS) is 16.8. The lowest BCUT2D eigenvalue weighted by molar-refractivity contribution is -0.121. The first-order valence-electron chi connectivity index (χ1n) is 6.38. The van der Waals surface area contributed by atoms with Gasteiger partial charge in [0, 0.05) is 18.7 Å². The second-order valence-electron chi connectivity index (χ2n) is 4.86. The highest BCUT2D eigenvalue weighted by molar-refractivity contribution is 7.08. The van der Waals surface area contributed by atoms with Crippen molar-refractivity contribution >= 4 is 22.9 Å². The first-order chi connectivity index (χ1) is 9.24. The highest BCUT2D eigenvalue weighted by Crippen LogP contribution is 2.25. The zero-order chi connectivity index (χ0) is 13.2. The van der Waals surface area contributed by atoms with Crippen molar-refractivity contribution in [2.45, 2.75) is 25.9 Å². The molecule has 0 fully saturated rings. The van der Waals surface area contributed by atoms with Gasteiger partial charge in [0.25, 0.3) is 0 Å². The third-order valence-corrected chi connectivity index (χ3v) is 4.41. The summed E-state index contributed by atoms with van der Waals surface area (Å²) in [6, 6.07) is 7.94. The van der Waals surface area contributed by atoms with Gasteiger partial charge in [0.15, 0.2) is 0 Å².